The van der Waals surface area contributed by atoms with Crippen LogP contribution in [0.2, 0.25) is 0 Å². The van der Waals surface area contributed by atoms with Crippen molar-refractivity contribution in [3.8, 4) is 16.9 Å². The van der Waals surface area contributed by atoms with Crippen molar-refractivity contribution in [1.82, 2.24) is 0 Å². The fourth-order valence-electron chi connectivity index (χ4n) is 1.79. The molecule has 0 unspecified atom stereocenters. The van der Waals surface area contributed by atoms with E-state index in [9.17, 15) is 13.2 Å². The lowest BCUT2D eigenvalue weighted by Crippen LogP contribution is -2.06. The Labute approximate surface area is 117 Å². The summed E-state index contributed by atoms with van der Waals surface area (Å²) >= 11 is 2.92. The van der Waals surface area contributed by atoms with Crippen molar-refractivity contribution in [1.29, 1.82) is 0 Å². The molecule has 0 saturated carbocycles. The van der Waals surface area contributed by atoms with Crippen molar-refractivity contribution in [2.75, 3.05) is 7.11 Å². The molecule has 0 N–H and O–H groups in total. The van der Waals surface area contributed by atoms with E-state index >= 15 is 0 Å². The smallest absolute Gasteiger partial charge is 0.417 e. The molecule has 0 aromatic heterocycles. The molecule has 0 heterocycles. The van der Waals surface area contributed by atoms with Crippen molar-refractivity contribution in [3.63, 3.8) is 0 Å². The van der Waals surface area contributed by atoms with Gasteiger partial charge >= 0.3 is 6.18 Å². The van der Waals surface area contributed by atoms with Crippen LogP contribution in [-0.4, -0.2) is 7.11 Å². The fourth-order valence-corrected chi connectivity index (χ4v) is 2.26. The van der Waals surface area contributed by atoms with E-state index in [1.807, 2.05) is 0 Å². The average molecular weight is 331 g/mol. The largest absolute Gasteiger partial charge is 0.496 e. The summed E-state index contributed by atoms with van der Waals surface area (Å²) in [4.78, 5) is 0. The van der Waals surface area contributed by atoms with Gasteiger partial charge in [-0.15, -0.1) is 0 Å². The predicted molar refractivity (Wildman–Crippen MR) is 71.1 cm³/mol. The van der Waals surface area contributed by atoms with Crippen LogP contribution < -0.4 is 4.74 Å². The van der Waals surface area contributed by atoms with Gasteiger partial charge in [0.25, 0.3) is 0 Å². The molecule has 0 aliphatic heterocycles. The third-order valence-corrected chi connectivity index (χ3v) is 3.38. The Morgan fingerprint density at radius 2 is 1.74 bits per heavy atom. The van der Waals surface area contributed by atoms with E-state index in [4.69, 9.17) is 4.74 Å². The van der Waals surface area contributed by atoms with E-state index in [1.165, 1.54) is 13.2 Å². The minimum atomic E-state index is -4.39. The summed E-state index contributed by atoms with van der Waals surface area (Å²) in [6.45, 7) is 0. The SMILES string of the molecule is COc1ccccc1-c1ccc(Br)c(C(F)(F)F)c1. The quantitative estimate of drug-likeness (QED) is 0.740. The average Bonchev–Trinajstić information content (AvgIpc) is 2.38. The molecular formula is C14H10BrF3O. The van der Waals surface area contributed by atoms with Crippen LogP contribution >= 0.6 is 15.9 Å². The molecule has 0 radical (unpaired) electrons. The van der Waals surface area contributed by atoms with E-state index in [-0.39, 0.29) is 4.47 Å². The molecule has 0 spiro atoms. The van der Waals surface area contributed by atoms with Gasteiger partial charge in [0.2, 0.25) is 0 Å². The molecule has 0 aliphatic carbocycles. The fraction of sp³-hybridized carbons (Fsp3) is 0.143. The Morgan fingerprint density at radius 3 is 2.37 bits per heavy atom. The van der Waals surface area contributed by atoms with E-state index in [0.717, 1.165) is 6.07 Å². The van der Waals surface area contributed by atoms with Crippen LogP contribution in [0.5, 0.6) is 5.75 Å². The molecule has 1 nitrogen and oxygen atoms in total. The monoisotopic (exact) mass is 330 g/mol. The van der Waals surface area contributed by atoms with Crippen LogP contribution in [0.15, 0.2) is 46.9 Å². The molecule has 0 bridgehead atoms. The van der Waals surface area contributed by atoms with Gasteiger partial charge in [0.15, 0.2) is 0 Å². The van der Waals surface area contributed by atoms with Gasteiger partial charge in [0.1, 0.15) is 5.75 Å². The Kier molecular flexibility index (Phi) is 3.85. The van der Waals surface area contributed by atoms with Gasteiger partial charge in [0.05, 0.1) is 12.7 Å². The van der Waals surface area contributed by atoms with Gasteiger partial charge < -0.3 is 4.74 Å². The number of benzene rings is 2. The normalized spacial score (nSPS) is 11.4. The van der Waals surface area contributed by atoms with Crippen LogP contribution in [0.25, 0.3) is 11.1 Å². The van der Waals surface area contributed by atoms with Crippen molar-refractivity contribution in [3.05, 3.63) is 52.5 Å². The van der Waals surface area contributed by atoms with E-state index in [1.54, 1.807) is 30.3 Å². The predicted octanol–water partition coefficient (Wildman–Crippen LogP) is 5.14. The molecular weight excluding hydrogens is 321 g/mol. The minimum Gasteiger partial charge on any atom is -0.496 e. The Balaban J connectivity index is 2.58. The summed E-state index contributed by atoms with van der Waals surface area (Å²) in [7, 11) is 1.49. The number of alkyl halides is 3. The lowest BCUT2D eigenvalue weighted by atomic mass is 10.0. The molecule has 19 heavy (non-hydrogen) atoms. The highest BCUT2D eigenvalue weighted by molar-refractivity contribution is 9.10. The molecule has 0 saturated heterocycles. The lowest BCUT2D eigenvalue weighted by Gasteiger charge is -2.13. The molecule has 0 aliphatic rings. The summed E-state index contributed by atoms with van der Waals surface area (Å²) in [6.07, 6.45) is -4.39. The first-order valence-electron chi connectivity index (χ1n) is 5.43. The minimum absolute atomic E-state index is 0.0265. The molecule has 0 fully saturated rings. The van der Waals surface area contributed by atoms with Crippen molar-refractivity contribution < 1.29 is 17.9 Å². The number of hydrogen-bond acceptors (Lipinski definition) is 1. The zero-order valence-electron chi connectivity index (χ0n) is 9.96. The summed E-state index contributed by atoms with van der Waals surface area (Å²) in [5.74, 6) is 0.540. The van der Waals surface area contributed by atoms with Gasteiger partial charge in [-0.1, -0.05) is 40.2 Å². The second-order valence-corrected chi connectivity index (χ2v) is 4.75. The topological polar surface area (TPSA) is 9.23 Å². The van der Waals surface area contributed by atoms with Gasteiger partial charge in [-0.3, -0.25) is 0 Å². The third kappa shape index (κ3) is 2.92. The first-order chi connectivity index (χ1) is 8.93. The van der Waals surface area contributed by atoms with Crippen molar-refractivity contribution >= 4 is 15.9 Å². The van der Waals surface area contributed by atoms with Crippen LogP contribution in [-0.2, 0) is 6.18 Å². The third-order valence-electron chi connectivity index (χ3n) is 2.69. The molecule has 2 rings (SSSR count). The second-order valence-electron chi connectivity index (χ2n) is 3.89. The van der Waals surface area contributed by atoms with Crippen LogP contribution in [0, 0.1) is 0 Å². The standard InChI is InChI=1S/C14H10BrF3O/c1-19-13-5-3-2-4-10(13)9-6-7-12(15)11(8-9)14(16,17)18/h2-8H,1H3. The maximum absolute atomic E-state index is 12.9. The maximum atomic E-state index is 12.9. The van der Waals surface area contributed by atoms with Gasteiger partial charge in [-0.05, 0) is 23.8 Å². The zero-order valence-corrected chi connectivity index (χ0v) is 11.5. The Morgan fingerprint density at radius 1 is 1.05 bits per heavy atom. The maximum Gasteiger partial charge on any atom is 0.417 e. The van der Waals surface area contributed by atoms with Gasteiger partial charge in [-0.2, -0.15) is 13.2 Å². The molecule has 0 amide bonds. The Hall–Kier alpha value is -1.49. The zero-order chi connectivity index (χ0) is 14.0. The van der Waals surface area contributed by atoms with Crippen LogP contribution in [0.1, 0.15) is 5.56 Å². The summed E-state index contributed by atoms with van der Waals surface area (Å²) in [6, 6.07) is 11.1. The van der Waals surface area contributed by atoms with E-state index in [0.29, 0.717) is 16.9 Å². The number of methoxy groups -OCH3 is 1. The molecule has 100 valence electrons. The first kappa shape index (κ1) is 13.9. The first-order valence-corrected chi connectivity index (χ1v) is 6.23. The van der Waals surface area contributed by atoms with Crippen LogP contribution in [0.3, 0.4) is 0 Å². The number of ether oxygens (including phenoxy) is 1. The highest BCUT2D eigenvalue weighted by Crippen LogP contribution is 2.39. The molecule has 2 aromatic carbocycles. The highest BCUT2D eigenvalue weighted by Gasteiger charge is 2.33. The summed E-state index contributed by atoms with van der Waals surface area (Å²) < 4.78 is 43.8. The second kappa shape index (κ2) is 5.25. The van der Waals surface area contributed by atoms with Crippen LogP contribution in [0.4, 0.5) is 13.2 Å². The lowest BCUT2D eigenvalue weighted by molar-refractivity contribution is -0.138. The Bertz CT molecular complexity index is 593. The van der Waals surface area contributed by atoms with Gasteiger partial charge in [-0.25, -0.2) is 0 Å². The van der Waals surface area contributed by atoms with E-state index < -0.39 is 11.7 Å². The highest BCUT2D eigenvalue weighted by atomic mass is 79.9. The van der Waals surface area contributed by atoms with E-state index in [2.05, 4.69) is 15.9 Å². The number of halogens is 4. The molecule has 0 atom stereocenters. The van der Waals surface area contributed by atoms with Crippen molar-refractivity contribution in [2.45, 2.75) is 6.18 Å². The van der Waals surface area contributed by atoms with Gasteiger partial charge in [0, 0.05) is 10.0 Å². The summed E-state index contributed by atoms with van der Waals surface area (Å²) in [5.41, 5.74) is 0.395. The van der Waals surface area contributed by atoms with Crippen molar-refractivity contribution in [2.24, 2.45) is 0 Å². The number of rotatable bonds is 2. The molecule has 2 aromatic rings. The molecule has 5 heteroatoms. The number of hydrogen-bond donors (Lipinski definition) is 0. The summed E-state index contributed by atoms with van der Waals surface area (Å²) in [5, 5.41) is 0. The number of para-hydroxylation sites is 1.